The van der Waals surface area contributed by atoms with Crippen molar-refractivity contribution >= 4 is 22.9 Å². The molecule has 0 saturated heterocycles. The van der Waals surface area contributed by atoms with E-state index in [-0.39, 0.29) is 5.91 Å². The van der Waals surface area contributed by atoms with Crippen molar-refractivity contribution in [3.63, 3.8) is 0 Å². The summed E-state index contributed by atoms with van der Waals surface area (Å²) in [5, 5.41) is 3.29. The predicted molar refractivity (Wildman–Crippen MR) is 92.1 cm³/mol. The molecule has 0 unspecified atom stereocenters. The fourth-order valence-electron chi connectivity index (χ4n) is 3.55. The molecule has 2 aliphatic heterocycles. The van der Waals surface area contributed by atoms with Crippen molar-refractivity contribution < 1.29 is 9.53 Å². The van der Waals surface area contributed by atoms with Crippen LogP contribution < -0.4 is 4.90 Å². The summed E-state index contributed by atoms with van der Waals surface area (Å²) in [6.07, 6.45) is 4.62. The number of hydrogen-bond donors (Lipinski definition) is 0. The van der Waals surface area contributed by atoms with E-state index in [1.165, 1.54) is 16.8 Å². The van der Waals surface area contributed by atoms with Crippen molar-refractivity contribution in [1.82, 2.24) is 4.98 Å². The largest absolute Gasteiger partial charge is 0.385 e. The van der Waals surface area contributed by atoms with Gasteiger partial charge in [-0.15, -0.1) is 11.3 Å². The number of anilines is 1. The number of carbonyl (C=O) groups is 1. The first-order valence-electron chi connectivity index (χ1n) is 8.16. The van der Waals surface area contributed by atoms with Gasteiger partial charge in [0.1, 0.15) is 0 Å². The Labute approximate surface area is 140 Å². The lowest BCUT2D eigenvalue weighted by Crippen LogP contribution is -2.31. The fraction of sp³-hybridized carbons (Fsp3) is 0.444. The molecule has 1 aromatic carbocycles. The Morgan fingerprint density at radius 1 is 1.35 bits per heavy atom. The number of carbonyl (C=O) groups excluding carboxylic acids is 1. The monoisotopic (exact) mass is 328 g/mol. The molecule has 0 bridgehead atoms. The highest BCUT2D eigenvalue weighted by Crippen LogP contribution is 2.39. The van der Waals surface area contributed by atoms with E-state index in [4.69, 9.17) is 9.72 Å². The molecule has 0 radical (unpaired) electrons. The summed E-state index contributed by atoms with van der Waals surface area (Å²) in [5.74, 6) is 0.247. The zero-order valence-electron chi connectivity index (χ0n) is 13.3. The molecule has 2 aromatic rings. The third kappa shape index (κ3) is 2.68. The molecule has 4 rings (SSSR count). The van der Waals surface area contributed by atoms with Gasteiger partial charge in [-0.1, -0.05) is 0 Å². The fourth-order valence-corrected chi connectivity index (χ4v) is 4.40. The number of thiazole rings is 1. The standard InChI is InChI=1S/C18H20N2O2S/c1-22-7-3-5-16-19-15(11-23-16)13-8-12-4-2-6-20-17(21)10-14(9-13)18(12)20/h8-9,11H,2-7,10H2,1H3. The summed E-state index contributed by atoms with van der Waals surface area (Å²) in [4.78, 5) is 18.9. The summed E-state index contributed by atoms with van der Waals surface area (Å²) in [6.45, 7) is 1.65. The smallest absolute Gasteiger partial charge is 0.231 e. The number of aromatic nitrogens is 1. The molecule has 1 amide bonds. The average Bonchev–Trinajstić information content (AvgIpc) is 3.14. The van der Waals surface area contributed by atoms with Gasteiger partial charge >= 0.3 is 0 Å². The Balaban J connectivity index is 1.64. The topological polar surface area (TPSA) is 42.4 Å². The van der Waals surface area contributed by atoms with Crippen LogP contribution in [-0.4, -0.2) is 31.2 Å². The molecule has 0 N–H and O–H groups in total. The lowest BCUT2D eigenvalue weighted by molar-refractivity contribution is -0.117. The van der Waals surface area contributed by atoms with Gasteiger partial charge in [0.2, 0.25) is 5.91 Å². The Bertz CT molecular complexity index is 753. The third-order valence-electron chi connectivity index (χ3n) is 4.59. The van der Waals surface area contributed by atoms with Gasteiger partial charge in [-0.2, -0.15) is 0 Å². The van der Waals surface area contributed by atoms with Crippen molar-refractivity contribution in [2.75, 3.05) is 25.2 Å². The Kier molecular flexibility index (Phi) is 3.91. The van der Waals surface area contributed by atoms with Crippen LogP contribution in [0.4, 0.5) is 5.69 Å². The van der Waals surface area contributed by atoms with Crippen LogP contribution in [0.3, 0.4) is 0 Å². The molecule has 4 nitrogen and oxygen atoms in total. The maximum Gasteiger partial charge on any atom is 0.231 e. The molecule has 5 heteroatoms. The lowest BCUT2D eigenvalue weighted by atomic mass is 9.96. The van der Waals surface area contributed by atoms with Crippen molar-refractivity contribution in [2.45, 2.75) is 32.1 Å². The van der Waals surface area contributed by atoms with Crippen LogP contribution in [0.2, 0.25) is 0 Å². The summed E-state index contributed by atoms with van der Waals surface area (Å²) in [7, 11) is 1.73. The molecule has 3 heterocycles. The number of hydrogen-bond acceptors (Lipinski definition) is 4. The minimum atomic E-state index is 0.247. The molecular formula is C18H20N2O2S. The number of benzene rings is 1. The maximum atomic E-state index is 12.1. The van der Waals surface area contributed by atoms with Crippen molar-refractivity contribution in [3.8, 4) is 11.3 Å². The van der Waals surface area contributed by atoms with Gasteiger partial charge in [0, 0.05) is 37.6 Å². The highest BCUT2D eigenvalue weighted by Gasteiger charge is 2.32. The molecular weight excluding hydrogens is 308 g/mol. The Hall–Kier alpha value is -1.72. The van der Waals surface area contributed by atoms with Gasteiger partial charge in [-0.3, -0.25) is 4.79 Å². The second-order valence-electron chi connectivity index (χ2n) is 6.19. The first-order chi connectivity index (χ1) is 11.3. The highest BCUT2D eigenvalue weighted by molar-refractivity contribution is 7.09. The number of methoxy groups -OCH3 is 1. The van der Waals surface area contributed by atoms with Gasteiger partial charge in [-0.25, -0.2) is 4.98 Å². The van der Waals surface area contributed by atoms with Crippen molar-refractivity contribution in [1.29, 1.82) is 0 Å². The molecule has 120 valence electrons. The molecule has 0 spiro atoms. The van der Waals surface area contributed by atoms with Crippen LogP contribution in [0.15, 0.2) is 17.5 Å². The van der Waals surface area contributed by atoms with E-state index in [1.807, 2.05) is 4.90 Å². The van der Waals surface area contributed by atoms with Gasteiger partial charge in [0.25, 0.3) is 0 Å². The first kappa shape index (κ1) is 14.8. The van der Waals surface area contributed by atoms with Gasteiger partial charge in [-0.05, 0) is 42.5 Å². The quantitative estimate of drug-likeness (QED) is 0.792. The van der Waals surface area contributed by atoms with E-state index in [1.54, 1.807) is 18.4 Å². The minimum Gasteiger partial charge on any atom is -0.385 e. The summed E-state index contributed by atoms with van der Waals surface area (Å²) < 4.78 is 5.10. The molecule has 0 aliphatic carbocycles. The average molecular weight is 328 g/mol. The number of amides is 1. The van der Waals surface area contributed by atoms with E-state index in [0.29, 0.717) is 6.42 Å². The highest BCUT2D eigenvalue weighted by atomic mass is 32.1. The summed E-state index contributed by atoms with van der Waals surface area (Å²) in [5.41, 5.74) is 5.86. The van der Waals surface area contributed by atoms with Crippen LogP contribution in [0.25, 0.3) is 11.3 Å². The molecule has 23 heavy (non-hydrogen) atoms. The molecule has 2 aliphatic rings. The van der Waals surface area contributed by atoms with Gasteiger partial charge in [0.05, 0.1) is 22.8 Å². The van der Waals surface area contributed by atoms with Gasteiger partial charge in [0.15, 0.2) is 0 Å². The molecule has 0 atom stereocenters. The van der Waals surface area contributed by atoms with Crippen LogP contribution in [0.1, 0.15) is 29.0 Å². The normalized spacial score (nSPS) is 16.0. The maximum absolute atomic E-state index is 12.1. The minimum absolute atomic E-state index is 0.247. The second kappa shape index (κ2) is 6.06. The van der Waals surface area contributed by atoms with Crippen molar-refractivity contribution in [3.05, 3.63) is 33.6 Å². The summed E-state index contributed by atoms with van der Waals surface area (Å²) >= 11 is 1.71. The molecule has 1 aromatic heterocycles. The van der Waals surface area contributed by atoms with Crippen LogP contribution in [0.5, 0.6) is 0 Å². The Morgan fingerprint density at radius 3 is 3.09 bits per heavy atom. The van der Waals surface area contributed by atoms with Gasteiger partial charge < -0.3 is 9.64 Å². The molecule has 0 fully saturated rings. The van der Waals surface area contributed by atoms with E-state index >= 15 is 0 Å². The van der Waals surface area contributed by atoms with Crippen LogP contribution >= 0.6 is 11.3 Å². The number of nitrogens with zero attached hydrogens (tertiary/aromatic N) is 2. The first-order valence-corrected chi connectivity index (χ1v) is 9.04. The van der Waals surface area contributed by atoms with E-state index in [2.05, 4.69) is 17.5 Å². The van der Waals surface area contributed by atoms with Crippen LogP contribution in [0, 0.1) is 0 Å². The van der Waals surface area contributed by atoms with E-state index in [0.717, 1.165) is 55.1 Å². The zero-order valence-corrected chi connectivity index (χ0v) is 14.1. The third-order valence-corrected chi connectivity index (χ3v) is 5.50. The van der Waals surface area contributed by atoms with Crippen LogP contribution in [-0.2, 0) is 28.8 Å². The lowest BCUT2D eigenvalue weighted by Gasteiger charge is -2.25. The zero-order chi connectivity index (χ0) is 15.8. The SMILES string of the molecule is COCCCc1nc(-c2cc3c4c(c2)CC(=O)N4CCC3)cs1. The number of aryl methyl sites for hydroxylation is 2. The Morgan fingerprint density at radius 2 is 2.22 bits per heavy atom. The second-order valence-corrected chi connectivity index (χ2v) is 7.13. The van der Waals surface area contributed by atoms with E-state index in [9.17, 15) is 4.79 Å². The number of ether oxygens (including phenoxy) is 1. The predicted octanol–water partition coefficient (Wildman–Crippen LogP) is 3.22. The van der Waals surface area contributed by atoms with E-state index < -0.39 is 0 Å². The van der Waals surface area contributed by atoms with Crippen molar-refractivity contribution in [2.24, 2.45) is 0 Å². The molecule has 0 saturated carbocycles. The summed E-state index contributed by atoms with van der Waals surface area (Å²) in [6, 6.07) is 4.40. The number of rotatable bonds is 5.